The van der Waals surface area contributed by atoms with Crippen LogP contribution in [-0.4, -0.2) is 21.4 Å². The quantitative estimate of drug-likeness (QED) is 0.703. The monoisotopic (exact) mass is 373 g/mol. The lowest BCUT2D eigenvalue weighted by Crippen LogP contribution is -2.29. The van der Waals surface area contributed by atoms with E-state index in [2.05, 4.69) is 15.6 Å². The molecule has 0 aliphatic carbocycles. The maximum atomic E-state index is 12.1. The van der Waals surface area contributed by atoms with Crippen LogP contribution in [0.25, 0.3) is 0 Å². The van der Waals surface area contributed by atoms with Gasteiger partial charge in [0.05, 0.1) is 10.7 Å². The van der Waals surface area contributed by atoms with Crippen molar-refractivity contribution in [2.45, 2.75) is 4.90 Å². The van der Waals surface area contributed by atoms with E-state index in [9.17, 15) is 13.2 Å². The molecule has 3 N–H and O–H groups in total. The summed E-state index contributed by atoms with van der Waals surface area (Å²) in [4.78, 5) is 11.9. The second kappa shape index (κ2) is 7.18. The van der Waals surface area contributed by atoms with Crippen molar-refractivity contribution in [1.82, 2.24) is 10.1 Å². The summed E-state index contributed by atoms with van der Waals surface area (Å²) in [6.45, 7) is 0. The lowest BCUT2D eigenvalue weighted by molar-refractivity contribution is 0.0962. The summed E-state index contributed by atoms with van der Waals surface area (Å²) in [5.74, 6) is -0.519. The SMILES string of the molecule is CNS(=O)(=O)c1cc(C(=O)NNc2cccc(Cl)c2)ccc1Cl. The van der Waals surface area contributed by atoms with Crippen LogP contribution < -0.4 is 15.6 Å². The van der Waals surface area contributed by atoms with Crippen molar-refractivity contribution in [3.63, 3.8) is 0 Å². The van der Waals surface area contributed by atoms with Gasteiger partial charge in [-0.05, 0) is 43.4 Å². The van der Waals surface area contributed by atoms with Crippen LogP contribution in [0.3, 0.4) is 0 Å². The van der Waals surface area contributed by atoms with Gasteiger partial charge in [0.2, 0.25) is 10.0 Å². The zero-order valence-electron chi connectivity index (χ0n) is 11.9. The second-order valence-electron chi connectivity index (χ2n) is 4.44. The highest BCUT2D eigenvalue weighted by atomic mass is 35.5. The molecule has 122 valence electrons. The number of benzene rings is 2. The molecule has 0 heterocycles. The van der Waals surface area contributed by atoms with E-state index in [0.717, 1.165) is 0 Å². The average molecular weight is 374 g/mol. The van der Waals surface area contributed by atoms with Gasteiger partial charge in [-0.25, -0.2) is 13.1 Å². The van der Waals surface area contributed by atoms with Crippen molar-refractivity contribution in [2.24, 2.45) is 0 Å². The third-order valence-corrected chi connectivity index (χ3v) is 5.03. The fourth-order valence-electron chi connectivity index (χ4n) is 1.73. The van der Waals surface area contributed by atoms with Crippen LogP contribution >= 0.6 is 23.2 Å². The van der Waals surface area contributed by atoms with E-state index in [-0.39, 0.29) is 15.5 Å². The molecule has 2 aromatic carbocycles. The number of hydrazine groups is 1. The highest BCUT2D eigenvalue weighted by molar-refractivity contribution is 7.89. The van der Waals surface area contributed by atoms with E-state index in [1.165, 1.54) is 25.2 Å². The Morgan fingerprint density at radius 2 is 1.83 bits per heavy atom. The smallest absolute Gasteiger partial charge is 0.269 e. The van der Waals surface area contributed by atoms with Gasteiger partial charge in [-0.3, -0.25) is 15.6 Å². The van der Waals surface area contributed by atoms with Crippen molar-refractivity contribution in [3.8, 4) is 0 Å². The van der Waals surface area contributed by atoms with Crippen molar-refractivity contribution >= 4 is 44.8 Å². The molecule has 0 unspecified atom stereocenters. The summed E-state index contributed by atoms with van der Waals surface area (Å²) in [6.07, 6.45) is 0. The summed E-state index contributed by atoms with van der Waals surface area (Å²) < 4.78 is 25.9. The summed E-state index contributed by atoms with van der Waals surface area (Å²) in [5.41, 5.74) is 5.86. The van der Waals surface area contributed by atoms with Gasteiger partial charge in [0, 0.05) is 10.6 Å². The van der Waals surface area contributed by atoms with E-state index in [0.29, 0.717) is 10.7 Å². The van der Waals surface area contributed by atoms with Crippen LogP contribution in [0.5, 0.6) is 0 Å². The fourth-order valence-corrected chi connectivity index (χ4v) is 3.17. The molecule has 0 fully saturated rings. The molecule has 0 aromatic heterocycles. The minimum atomic E-state index is -3.76. The molecule has 6 nitrogen and oxygen atoms in total. The summed E-state index contributed by atoms with van der Waals surface area (Å²) in [7, 11) is -2.49. The maximum absolute atomic E-state index is 12.1. The molecule has 0 saturated carbocycles. The molecular weight excluding hydrogens is 361 g/mol. The topological polar surface area (TPSA) is 87.3 Å². The average Bonchev–Trinajstić information content (AvgIpc) is 2.53. The first-order chi connectivity index (χ1) is 10.8. The van der Waals surface area contributed by atoms with Gasteiger partial charge in [0.1, 0.15) is 4.90 Å². The van der Waals surface area contributed by atoms with Crippen molar-refractivity contribution in [1.29, 1.82) is 0 Å². The van der Waals surface area contributed by atoms with Crippen LogP contribution in [0.1, 0.15) is 10.4 Å². The molecule has 9 heteroatoms. The Morgan fingerprint density at radius 3 is 2.48 bits per heavy atom. The maximum Gasteiger partial charge on any atom is 0.269 e. The number of amides is 1. The number of nitrogens with one attached hydrogen (secondary N) is 3. The van der Waals surface area contributed by atoms with Crippen LogP contribution in [0.4, 0.5) is 5.69 Å². The molecule has 1 amide bonds. The first-order valence-corrected chi connectivity index (χ1v) is 8.62. The predicted molar refractivity (Wildman–Crippen MR) is 90.2 cm³/mol. The normalized spacial score (nSPS) is 11.1. The van der Waals surface area contributed by atoms with E-state index in [1.54, 1.807) is 24.3 Å². The Balaban J connectivity index is 2.18. The number of carbonyl (C=O) groups excluding carboxylic acids is 1. The zero-order valence-corrected chi connectivity index (χ0v) is 14.3. The minimum Gasteiger partial charge on any atom is -0.298 e. The van der Waals surface area contributed by atoms with Gasteiger partial charge in [-0.1, -0.05) is 29.3 Å². The standard InChI is InChI=1S/C14H13Cl2N3O3S/c1-17-23(21,22)13-7-9(5-6-12(13)16)14(20)19-18-11-4-2-3-10(15)8-11/h2-8,17-18H,1H3,(H,19,20). The van der Waals surface area contributed by atoms with Gasteiger partial charge >= 0.3 is 0 Å². The van der Waals surface area contributed by atoms with Gasteiger partial charge in [-0.15, -0.1) is 0 Å². The molecule has 0 atom stereocenters. The van der Waals surface area contributed by atoms with Gasteiger partial charge in [0.15, 0.2) is 0 Å². The first kappa shape index (κ1) is 17.6. The van der Waals surface area contributed by atoms with Crippen LogP contribution in [-0.2, 0) is 10.0 Å². The molecule has 0 spiro atoms. The van der Waals surface area contributed by atoms with Crippen molar-refractivity contribution in [2.75, 3.05) is 12.5 Å². The number of hydrogen-bond donors (Lipinski definition) is 3. The van der Waals surface area contributed by atoms with Crippen molar-refractivity contribution in [3.05, 3.63) is 58.1 Å². The number of anilines is 1. The Hall–Kier alpha value is -1.80. The molecule has 0 aliphatic heterocycles. The number of hydrogen-bond acceptors (Lipinski definition) is 4. The van der Waals surface area contributed by atoms with E-state index in [1.807, 2.05) is 0 Å². The van der Waals surface area contributed by atoms with Crippen molar-refractivity contribution < 1.29 is 13.2 Å². The minimum absolute atomic E-state index is 0.0266. The van der Waals surface area contributed by atoms with Gasteiger partial charge in [0.25, 0.3) is 5.91 Å². The highest BCUT2D eigenvalue weighted by Gasteiger charge is 2.18. The lowest BCUT2D eigenvalue weighted by atomic mass is 10.2. The van der Waals surface area contributed by atoms with E-state index in [4.69, 9.17) is 23.2 Å². The summed E-state index contributed by atoms with van der Waals surface area (Å²) in [5, 5.41) is 0.539. The third kappa shape index (κ3) is 4.35. The Bertz CT molecular complexity index is 841. The second-order valence-corrected chi connectivity index (χ2v) is 7.14. The Labute approximate surface area is 143 Å². The molecule has 23 heavy (non-hydrogen) atoms. The van der Waals surface area contributed by atoms with Crippen LogP contribution in [0, 0.1) is 0 Å². The largest absolute Gasteiger partial charge is 0.298 e. The fraction of sp³-hybridized carbons (Fsp3) is 0.0714. The third-order valence-electron chi connectivity index (χ3n) is 2.90. The van der Waals surface area contributed by atoms with E-state index >= 15 is 0 Å². The molecule has 0 radical (unpaired) electrons. The molecule has 2 aromatic rings. The van der Waals surface area contributed by atoms with Crippen LogP contribution in [0.2, 0.25) is 10.0 Å². The first-order valence-electron chi connectivity index (χ1n) is 6.38. The van der Waals surface area contributed by atoms with Crippen LogP contribution in [0.15, 0.2) is 47.4 Å². The highest BCUT2D eigenvalue weighted by Crippen LogP contribution is 2.22. The molecule has 0 aliphatic rings. The summed E-state index contributed by atoms with van der Waals surface area (Å²) in [6, 6.07) is 10.7. The molecular formula is C14H13Cl2N3O3S. The molecule has 0 saturated heterocycles. The van der Waals surface area contributed by atoms with Gasteiger partial charge < -0.3 is 0 Å². The number of halogens is 2. The van der Waals surface area contributed by atoms with E-state index < -0.39 is 15.9 Å². The number of carbonyl (C=O) groups is 1. The lowest BCUT2D eigenvalue weighted by Gasteiger charge is -2.10. The Morgan fingerprint density at radius 1 is 1.09 bits per heavy atom. The zero-order chi connectivity index (χ0) is 17.0. The molecule has 0 bridgehead atoms. The summed E-state index contributed by atoms with van der Waals surface area (Å²) >= 11 is 11.7. The number of rotatable bonds is 5. The predicted octanol–water partition coefficient (Wildman–Crippen LogP) is 2.66. The number of sulfonamides is 1. The van der Waals surface area contributed by atoms with Gasteiger partial charge in [-0.2, -0.15) is 0 Å². The molecule has 2 rings (SSSR count). The Kier molecular flexibility index (Phi) is 5.48.